The number of hydrogen-bond acceptors (Lipinski definition) is 5. The number of methoxy groups -OCH3 is 2. The van der Waals surface area contributed by atoms with Gasteiger partial charge in [-0.05, 0) is 47.8 Å². The molecule has 0 heterocycles. The van der Waals surface area contributed by atoms with Crippen LogP contribution in [0.1, 0.15) is 25.8 Å². The largest absolute Gasteiger partial charge is 0.497 e. The third kappa shape index (κ3) is 3.12. The fourth-order valence-corrected chi connectivity index (χ4v) is 4.94. The van der Waals surface area contributed by atoms with Gasteiger partial charge in [0.05, 0.1) is 26.1 Å². The maximum atomic E-state index is 12.7. The second kappa shape index (κ2) is 7.06. The number of esters is 2. The molecular formula is C20H26O5. The van der Waals surface area contributed by atoms with Crippen LogP contribution in [0.15, 0.2) is 24.3 Å². The molecule has 1 aromatic carbocycles. The van der Waals surface area contributed by atoms with Gasteiger partial charge in [0.15, 0.2) is 0 Å². The normalized spacial score (nSPS) is 33.1. The van der Waals surface area contributed by atoms with Gasteiger partial charge in [-0.2, -0.15) is 0 Å². The summed E-state index contributed by atoms with van der Waals surface area (Å²) in [5.41, 5.74) is 0.919. The average Bonchev–Trinajstić information content (AvgIpc) is 3.13. The second-order valence-corrected chi connectivity index (χ2v) is 7.31. The van der Waals surface area contributed by atoms with Gasteiger partial charge >= 0.3 is 11.9 Å². The van der Waals surface area contributed by atoms with Crippen LogP contribution in [0.3, 0.4) is 0 Å². The summed E-state index contributed by atoms with van der Waals surface area (Å²) in [4.78, 5) is 24.8. The summed E-state index contributed by atoms with van der Waals surface area (Å²) < 4.78 is 15.7. The van der Waals surface area contributed by atoms with Gasteiger partial charge in [-0.15, -0.1) is 0 Å². The van der Waals surface area contributed by atoms with Gasteiger partial charge < -0.3 is 14.2 Å². The summed E-state index contributed by atoms with van der Waals surface area (Å²) in [6.07, 6.45) is 0.907. The van der Waals surface area contributed by atoms with E-state index in [4.69, 9.17) is 14.2 Å². The van der Waals surface area contributed by atoms with Crippen molar-refractivity contribution in [2.75, 3.05) is 14.2 Å². The van der Waals surface area contributed by atoms with Gasteiger partial charge in [0.25, 0.3) is 0 Å². The molecule has 2 unspecified atom stereocenters. The average molecular weight is 346 g/mol. The molecule has 5 nitrogen and oxygen atoms in total. The van der Waals surface area contributed by atoms with Crippen molar-refractivity contribution in [1.29, 1.82) is 0 Å². The van der Waals surface area contributed by atoms with Gasteiger partial charge in [-0.3, -0.25) is 9.59 Å². The van der Waals surface area contributed by atoms with E-state index in [1.165, 1.54) is 7.11 Å². The SMILES string of the molecule is COC(=O)[C@@H]1C2CC([C@H]1C)[C@@H](C)[C@@H]2C(=O)OCc1ccc(OC)cc1. The van der Waals surface area contributed by atoms with Crippen molar-refractivity contribution in [1.82, 2.24) is 0 Å². The minimum absolute atomic E-state index is 0.0332. The first-order valence-corrected chi connectivity index (χ1v) is 8.85. The molecule has 3 rings (SSSR count). The van der Waals surface area contributed by atoms with E-state index >= 15 is 0 Å². The highest BCUT2D eigenvalue weighted by Crippen LogP contribution is 2.58. The third-order valence-corrected chi connectivity index (χ3v) is 6.24. The molecule has 0 aliphatic heterocycles. The molecule has 0 aromatic heterocycles. The lowest BCUT2D eigenvalue weighted by Crippen LogP contribution is -2.41. The molecular weight excluding hydrogens is 320 g/mol. The Bertz CT molecular complexity index is 638. The maximum absolute atomic E-state index is 12.7. The fraction of sp³-hybridized carbons (Fsp3) is 0.600. The molecule has 136 valence electrons. The van der Waals surface area contributed by atoms with Crippen molar-refractivity contribution in [2.45, 2.75) is 26.9 Å². The Labute approximate surface area is 148 Å². The van der Waals surface area contributed by atoms with Crippen LogP contribution >= 0.6 is 0 Å². The molecule has 1 aromatic rings. The van der Waals surface area contributed by atoms with Crippen molar-refractivity contribution in [3.8, 4) is 5.75 Å². The number of rotatable bonds is 5. The van der Waals surface area contributed by atoms with E-state index in [9.17, 15) is 9.59 Å². The summed E-state index contributed by atoms with van der Waals surface area (Å²) in [5.74, 6) is 0.886. The first kappa shape index (κ1) is 17.8. The van der Waals surface area contributed by atoms with Crippen LogP contribution in [-0.4, -0.2) is 26.2 Å². The standard InChI is InChI=1S/C20H26O5/c1-11-15-9-16(17(11)19(21)24-4)18(12(15)2)20(22)25-10-13-5-7-14(23-3)8-6-13/h5-8,11-12,15-18H,9-10H2,1-4H3/t11-,12-,15?,16?,17+,18+/m1/s1. The van der Waals surface area contributed by atoms with Crippen LogP contribution in [-0.2, 0) is 25.7 Å². The molecule has 0 amide bonds. The molecule has 25 heavy (non-hydrogen) atoms. The van der Waals surface area contributed by atoms with E-state index in [0.29, 0.717) is 5.92 Å². The monoisotopic (exact) mass is 346 g/mol. The van der Waals surface area contributed by atoms with Gasteiger partial charge in [-0.25, -0.2) is 0 Å². The number of fused-ring (bicyclic) bond motifs is 2. The van der Waals surface area contributed by atoms with E-state index < -0.39 is 0 Å². The van der Waals surface area contributed by atoms with Gasteiger partial charge in [0.1, 0.15) is 12.4 Å². The molecule has 2 bridgehead atoms. The molecule has 6 atom stereocenters. The zero-order valence-corrected chi connectivity index (χ0v) is 15.2. The maximum Gasteiger partial charge on any atom is 0.309 e. The van der Waals surface area contributed by atoms with Crippen LogP contribution in [0.5, 0.6) is 5.75 Å². The lowest BCUT2D eigenvalue weighted by atomic mass is 9.69. The summed E-state index contributed by atoms with van der Waals surface area (Å²) in [6.45, 7) is 4.44. The number of carbonyl (C=O) groups excluding carboxylic acids is 2. The molecule has 2 aliphatic rings. The van der Waals surface area contributed by atoms with E-state index in [1.54, 1.807) is 7.11 Å². The van der Waals surface area contributed by atoms with Crippen LogP contribution in [0.4, 0.5) is 0 Å². The highest BCUT2D eigenvalue weighted by Gasteiger charge is 2.60. The van der Waals surface area contributed by atoms with E-state index in [1.807, 2.05) is 24.3 Å². The minimum Gasteiger partial charge on any atom is -0.497 e. The van der Waals surface area contributed by atoms with Crippen molar-refractivity contribution >= 4 is 11.9 Å². The van der Waals surface area contributed by atoms with Gasteiger partial charge in [0, 0.05) is 0 Å². The smallest absolute Gasteiger partial charge is 0.309 e. The first-order chi connectivity index (χ1) is 12.0. The molecule has 0 spiro atoms. The van der Waals surface area contributed by atoms with Crippen molar-refractivity contribution < 1.29 is 23.8 Å². The second-order valence-electron chi connectivity index (χ2n) is 7.31. The minimum atomic E-state index is -0.219. The van der Waals surface area contributed by atoms with Gasteiger partial charge in [-0.1, -0.05) is 26.0 Å². The quantitative estimate of drug-likeness (QED) is 0.767. The van der Waals surface area contributed by atoms with Crippen LogP contribution in [0.25, 0.3) is 0 Å². The summed E-state index contributed by atoms with van der Waals surface area (Å²) >= 11 is 0. The predicted molar refractivity (Wildman–Crippen MR) is 91.7 cm³/mol. The fourth-order valence-electron chi connectivity index (χ4n) is 4.94. The number of ether oxygens (including phenoxy) is 3. The van der Waals surface area contributed by atoms with Gasteiger partial charge in [0.2, 0.25) is 0 Å². The Morgan fingerprint density at radius 2 is 1.56 bits per heavy atom. The Hall–Kier alpha value is -2.04. The highest BCUT2D eigenvalue weighted by atomic mass is 16.5. The van der Waals surface area contributed by atoms with Crippen LogP contribution < -0.4 is 4.74 Å². The molecule has 0 N–H and O–H groups in total. The van der Waals surface area contributed by atoms with Crippen LogP contribution in [0, 0.1) is 35.5 Å². The summed E-state index contributed by atoms with van der Waals surface area (Å²) in [6, 6.07) is 7.46. The Morgan fingerprint density at radius 1 is 0.960 bits per heavy atom. The Balaban J connectivity index is 1.66. The number of benzene rings is 1. The lowest BCUT2D eigenvalue weighted by Gasteiger charge is -2.35. The van der Waals surface area contributed by atoms with Crippen molar-refractivity contribution in [3.63, 3.8) is 0 Å². The topological polar surface area (TPSA) is 61.8 Å². The summed E-state index contributed by atoms with van der Waals surface area (Å²) in [7, 11) is 3.03. The van der Waals surface area contributed by atoms with E-state index in [2.05, 4.69) is 13.8 Å². The molecule has 5 heteroatoms. The van der Waals surface area contributed by atoms with E-state index in [-0.39, 0.29) is 48.1 Å². The Kier molecular flexibility index (Phi) is 5.02. The van der Waals surface area contributed by atoms with E-state index in [0.717, 1.165) is 17.7 Å². The number of carbonyl (C=O) groups is 2. The third-order valence-electron chi connectivity index (χ3n) is 6.24. The molecule has 2 saturated carbocycles. The molecule has 0 radical (unpaired) electrons. The zero-order valence-electron chi connectivity index (χ0n) is 15.2. The predicted octanol–water partition coefficient (Wildman–Crippen LogP) is 3.07. The zero-order chi connectivity index (χ0) is 18.1. The van der Waals surface area contributed by atoms with Crippen LogP contribution in [0.2, 0.25) is 0 Å². The lowest BCUT2D eigenvalue weighted by molar-refractivity contribution is -0.160. The Morgan fingerprint density at radius 3 is 2.08 bits per heavy atom. The molecule has 0 saturated heterocycles. The molecule has 2 aliphatic carbocycles. The first-order valence-electron chi connectivity index (χ1n) is 8.85. The van der Waals surface area contributed by atoms with Crippen molar-refractivity contribution in [2.24, 2.45) is 35.5 Å². The molecule has 2 fully saturated rings. The summed E-state index contributed by atoms with van der Waals surface area (Å²) in [5, 5.41) is 0. The highest BCUT2D eigenvalue weighted by molar-refractivity contribution is 5.78. The number of hydrogen-bond donors (Lipinski definition) is 0. The van der Waals surface area contributed by atoms with Crippen molar-refractivity contribution in [3.05, 3.63) is 29.8 Å².